The minimum atomic E-state index is -0.255. The van der Waals surface area contributed by atoms with Crippen molar-refractivity contribution in [3.05, 3.63) is 5.82 Å². The maximum Gasteiger partial charge on any atom is 0.202 e. The van der Waals surface area contributed by atoms with Crippen LogP contribution >= 0.6 is 11.5 Å². The molecule has 5 heteroatoms. The van der Waals surface area contributed by atoms with Crippen LogP contribution in [0.1, 0.15) is 58.7 Å². The summed E-state index contributed by atoms with van der Waals surface area (Å²) in [6.07, 6.45) is 5.18. The van der Waals surface area contributed by atoms with Gasteiger partial charge in [0, 0.05) is 16.9 Å². The molecular weight excluding hydrogens is 246 g/mol. The van der Waals surface area contributed by atoms with Crippen LogP contribution in [0.5, 0.6) is 0 Å². The Balaban J connectivity index is 2.02. The topological polar surface area (TPSA) is 58.0 Å². The Kier molecular flexibility index (Phi) is 4.22. The molecule has 1 fully saturated rings. The summed E-state index contributed by atoms with van der Waals surface area (Å²) in [6.45, 7) is 6.33. The van der Waals surface area contributed by atoms with Gasteiger partial charge in [0.2, 0.25) is 5.13 Å². The van der Waals surface area contributed by atoms with Crippen molar-refractivity contribution in [2.24, 2.45) is 0 Å². The van der Waals surface area contributed by atoms with E-state index in [-0.39, 0.29) is 17.6 Å². The smallest absolute Gasteiger partial charge is 0.202 e. The van der Waals surface area contributed by atoms with Crippen LogP contribution in [0.4, 0.5) is 5.13 Å². The molecule has 1 heterocycles. The number of nitrogens with zero attached hydrogens (tertiary/aromatic N) is 2. The highest BCUT2D eigenvalue weighted by molar-refractivity contribution is 7.09. The molecule has 102 valence electrons. The molecule has 2 N–H and O–H groups in total. The van der Waals surface area contributed by atoms with Crippen molar-refractivity contribution >= 4 is 16.7 Å². The van der Waals surface area contributed by atoms with Crippen molar-refractivity contribution in [1.82, 2.24) is 9.36 Å². The molecule has 0 bridgehead atoms. The molecule has 1 aliphatic carbocycles. The molecule has 0 aliphatic heterocycles. The molecular formula is C13H23N3OS. The lowest BCUT2D eigenvalue weighted by atomic mass is 9.96. The second-order valence-corrected chi connectivity index (χ2v) is 6.88. The van der Waals surface area contributed by atoms with Gasteiger partial charge in [0.05, 0.1) is 12.1 Å². The van der Waals surface area contributed by atoms with E-state index in [0.717, 1.165) is 30.2 Å². The fourth-order valence-electron chi connectivity index (χ4n) is 2.20. The number of aromatic nitrogens is 2. The average molecular weight is 269 g/mol. The van der Waals surface area contributed by atoms with Gasteiger partial charge in [-0.2, -0.15) is 4.37 Å². The van der Waals surface area contributed by atoms with Gasteiger partial charge in [0.15, 0.2) is 0 Å². The van der Waals surface area contributed by atoms with Crippen LogP contribution in [0.2, 0.25) is 0 Å². The first-order valence-corrected chi connectivity index (χ1v) is 7.53. The molecule has 2 rings (SSSR count). The highest BCUT2D eigenvalue weighted by Crippen LogP contribution is 2.26. The van der Waals surface area contributed by atoms with Crippen LogP contribution in [0.3, 0.4) is 0 Å². The van der Waals surface area contributed by atoms with Gasteiger partial charge < -0.3 is 10.4 Å². The fraction of sp³-hybridized carbons (Fsp3) is 0.846. The summed E-state index contributed by atoms with van der Waals surface area (Å²) in [5.74, 6) is 0.873. The van der Waals surface area contributed by atoms with Crippen LogP contribution in [-0.2, 0) is 5.41 Å². The Morgan fingerprint density at radius 1 is 1.22 bits per heavy atom. The molecule has 0 radical (unpaired) electrons. The van der Waals surface area contributed by atoms with Gasteiger partial charge in [-0.25, -0.2) is 4.98 Å². The van der Waals surface area contributed by atoms with Gasteiger partial charge in [0.1, 0.15) is 5.82 Å². The maximum absolute atomic E-state index is 10.1. The van der Waals surface area contributed by atoms with E-state index in [4.69, 9.17) is 0 Å². The van der Waals surface area contributed by atoms with Gasteiger partial charge in [-0.05, 0) is 12.8 Å². The zero-order valence-corrected chi connectivity index (χ0v) is 12.3. The Morgan fingerprint density at radius 3 is 2.61 bits per heavy atom. The first-order valence-electron chi connectivity index (χ1n) is 6.75. The molecule has 1 aliphatic rings. The SMILES string of the molecule is CC(C)(C)c1nsc(NC2CCCCCC2O)n1. The third-order valence-electron chi connectivity index (χ3n) is 3.39. The van der Waals surface area contributed by atoms with E-state index >= 15 is 0 Å². The van der Waals surface area contributed by atoms with Gasteiger partial charge in [-0.1, -0.05) is 40.0 Å². The van der Waals surface area contributed by atoms with Crippen LogP contribution in [0.25, 0.3) is 0 Å². The molecule has 0 amide bonds. The molecule has 0 aromatic carbocycles. The number of nitrogens with one attached hydrogen (secondary N) is 1. The molecule has 0 spiro atoms. The predicted molar refractivity (Wildman–Crippen MR) is 75.1 cm³/mol. The number of rotatable bonds is 2. The maximum atomic E-state index is 10.1. The summed E-state index contributed by atoms with van der Waals surface area (Å²) in [5, 5.41) is 14.3. The van der Waals surface area contributed by atoms with E-state index in [1.54, 1.807) is 0 Å². The summed E-state index contributed by atoms with van der Waals surface area (Å²) in [7, 11) is 0. The van der Waals surface area contributed by atoms with Crippen molar-refractivity contribution in [3.8, 4) is 0 Å². The van der Waals surface area contributed by atoms with Crippen molar-refractivity contribution in [2.45, 2.75) is 70.4 Å². The zero-order valence-electron chi connectivity index (χ0n) is 11.4. The molecule has 4 nitrogen and oxygen atoms in total. The lowest BCUT2D eigenvalue weighted by Crippen LogP contribution is -2.32. The van der Waals surface area contributed by atoms with Crippen LogP contribution in [-0.4, -0.2) is 26.6 Å². The largest absolute Gasteiger partial charge is 0.391 e. The standard InChI is InChI=1S/C13H23N3OS/c1-13(2,3)11-15-12(18-16-11)14-9-7-5-4-6-8-10(9)17/h9-10,17H,4-8H2,1-3H3,(H,14,15,16). The number of anilines is 1. The Morgan fingerprint density at radius 2 is 1.94 bits per heavy atom. The summed E-state index contributed by atoms with van der Waals surface area (Å²) < 4.78 is 4.39. The number of aliphatic hydroxyl groups is 1. The Hall–Kier alpha value is -0.680. The highest BCUT2D eigenvalue weighted by atomic mass is 32.1. The Bertz CT molecular complexity index is 386. The minimum absolute atomic E-state index is 0.0154. The number of hydrogen-bond acceptors (Lipinski definition) is 5. The summed E-state index contributed by atoms with van der Waals surface area (Å²) in [5.41, 5.74) is -0.0154. The molecule has 1 aromatic heterocycles. The van der Waals surface area contributed by atoms with E-state index in [2.05, 4.69) is 35.4 Å². The molecule has 0 saturated heterocycles. The van der Waals surface area contributed by atoms with E-state index in [1.165, 1.54) is 24.4 Å². The van der Waals surface area contributed by atoms with Crippen LogP contribution in [0, 0.1) is 0 Å². The first-order chi connectivity index (χ1) is 8.47. The number of hydrogen-bond donors (Lipinski definition) is 2. The predicted octanol–water partition coefficient (Wildman–Crippen LogP) is 2.94. The third-order valence-corrected chi connectivity index (χ3v) is 4.03. The second-order valence-electron chi connectivity index (χ2n) is 6.13. The molecule has 1 saturated carbocycles. The third kappa shape index (κ3) is 3.42. The van der Waals surface area contributed by atoms with E-state index in [9.17, 15) is 5.11 Å². The van der Waals surface area contributed by atoms with Crippen molar-refractivity contribution < 1.29 is 5.11 Å². The highest BCUT2D eigenvalue weighted by Gasteiger charge is 2.24. The van der Waals surface area contributed by atoms with E-state index in [1.807, 2.05) is 0 Å². The van der Waals surface area contributed by atoms with Gasteiger partial charge >= 0.3 is 0 Å². The first kappa shape index (κ1) is 13.7. The van der Waals surface area contributed by atoms with Crippen LogP contribution < -0.4 is 5.32 Å². The van der Waals surface area contributed by atoms with Crippen molar-refractivity contribution in [2.75, 3.05) is 5.32 Å². The lowest BCUT2D eigenvalue weighted by Gasteiger charge is -2.21. The molecule has 18 heavy (non-hydrogen) atoms. The number of aliphatic hydroxyl groups excluding tert-OH is 1. The van der Waals surface area contributed by atoms with Gasteiger partial charge in [0.25, 0.3) is 0 Å². The van der Waals surface area contributed by atoms with Gasteiger partial charge in [-0.3, -0.25) is 0 Å². The van der Waals surface area contributed by atoms with E-state index < -0.39 is 0 Å². The average Bonchev–Trinajstić information content (AvgIpc) is 2.66. The summed E-state index contributed by atoms with van der Waals surface area (Å²) in [4.78, 5) is 4.53. The summed E-state index contributed by atoms with van der Waals surface area (Å²) in [6, 6.07) is 0.133. The minimum Gasteiger partial charge on any atom is -0.391 e. The summed E-state index contributed by atoms with van der Waals surface area (Å²) >= 11 is 1.40. The van der Waals surface area contributed by atoms with Gasteiger partial charge in [-0.15, -0.1) is 0 Å². The normalized spacial score (nSPS) is 25.8. The molecule has 2 unspecified atom stereocenters. The quantitative estimate of drug-likeness (QED) is 0.810. The molecule has 1 aromatic rings. The lowest BCUT2D eigenvalue weighted by molar-refractivity contribution is 0.144. The van der Waals surface area contributed by atoms with Crippen molar-refractivity contribution in [3.63, 3.8) is 0 Å². The Labute approximate surface area is 113 Å². The molecule has 2 atom stereocenters. The van der Waals surface area contributed by atoms with Crippen LogP contribution in [0.15, 0.2) is 0 Å². The monoisotopic (exact) mass is 269 g/mol. The van der Waals surface area contributed by atoms with Crippen molar-refractivity contribution in [1.29, 1.82) is 0 Å². The fourth-order valence-corrected chi connectivity index (χ4v) is 3.02. The zero-order chi connectivity index (χ0) is 13.2. The van der Waals surface area contributed by atoms with E-state index in [0.29, 0.717) is 0 Å². The second kappa shape index (κ2) is 5.53.